The monoisotopic (exact) mass is 378 g/mol. The molecule has 0 atom stereocenters. The van der Waals surface area contributed by atoms with Crippen LogP contribution in [0.4, 0.5) is 18.9 Å². The van der Waals surface area contributed by atoms with E-state index in [0.29, 0.717) is 28.6 Å². The van der Waals surface area contributed by atoms with Crippen LogP contribution in [0.2, 0.25) is 0 Å². The summed E-state index contributed by atoms with van der Waals surface area (Å²) in [5, 5.41) is 2.63. The maximum absolute atomic E-state index is 12.7. The Morgan fingerprint density at radius 3 is 2.69 bits per heavy atom. The highest BCUT2D eigenvalue weighted by Gasteiger charge is 2.31. The van der Waals surface area contributed by atoms with Crippen LogP contribution in [-0.4, -0.2) is 16.4 Å². The van der Waals surface area contributed by atoms with Gasteiger partial charge in [0.15, 0.2) is 11.5 Å². The topological polar surface area (TPSA) is 55.1 Å². The average molecular weight is 378 g/mol. The highest BCUT2D eigenvalue weighted by molar-refractivity contribution is 8.00. The van der Waals surface area contributed by atoms with Crippen molar-refractivity contribution in [2.75, 3.05) is 5.32 Å². The molecule has 1 heterocycles. The van der Waals surface area contributed by atoms with E-state index in [2.05, 4.69) is 10.3 Å². The van der Waals surface area contributed by atoms with Crippen molar-refractivity contribution in [1.29, 1.82) is 0 Å². The van der Waals surface area contributed by atoms with E-state index in [1.165, 1.54) is 24.3 Å². The highest BCUT2D eigenvalue weighted by Crippen LogP contribution is 2.41. The summed E-state index contributed by atoms with van der Waals surface area (Å²) in [6.07, 6.45) is 2.12. The van der Waals surface area contributed by atoms with Crippen molar-refractivity contribution in [2.45, 2.75) is 29.2 Å². The minimum absolute atomic E-state index is 0.0336. The number of aromatic nitrogens is 1. The first kappa shape index (κ1) is 17.0. The molecule has 0 radical (unpaired) electrons. The van der Waals surface area contributed by atoms with Crippen molar-refractivity contribution in [3.05, 3.63) is 53.9 Å². The second-order valence-corrected chi connectivity index (χ2v) is 7.11. The summed E-state index contributed by atoms with van der Waals surface area (Å²) in [7, 11) is 0. The molecule has 0 bridgehead atoms. The number of amides is 1. The SMILES string of the molecule is O=C(Nc1ccc2oc(C3CC3)nc2c1)c1ccccc1SC(F)(F)F. The number of rotatable bonds is 4. The first-order valence-electron chi connectivity index (χ1n) is 7.96. The lowest BCUT2D eigenvalue weighted by molar-refractivity contribution is -0.0328. The van der Waals surface area contributed by atoms with Gasteiger partial charge in [-0.25, -0.2) is 4.98 Å². The maximum Gasteiger partial charge on any atom is 0.446 e. The Labute approximate surface area is 150 Å². The van der Waals surface area contributed by atoms with Crippen LogP contribution in [0.3, 0.4) is 0 Å². The molecule has 1 fully saturated rings. The van der Waals surface area contributed by atoms with E-state index in [4.69, 9.17) is 4.42 Å². The second-order valence-electron chi connectivity index (χ2n) is 6.01. The molecule has 0 saturated heterocycles. The zero-order chi connectivity index (χ0) is 18.3. The molecule has 1 aliphatic rings. The van der Waals surface area contributed by atoms with Gasteiger partial charge in [0.1, 0.15) is 5.52 Å². The molecule has 4 rings (SSSR count). The number of nitrogens with zero attached hydrogens (tertiary/aromatic N) is 1. The summed E-state index contributed by atoms with van der Waals surface area (Å²) in [5.41, 5.74) is -2.81. The van der Waals surface area contributed by atoms with Crippen molar-refractivity contribution in [2.24, 2.45) is 0 Å². The number of hydrogen-bond donors (Lipinski definition) is 1. The predicted molar refractivity (Wildman–Crippen MR) is 92.3 cm³/mol. The Bertz CT molecular complexity index is 980. The van der Waals surface area contributed by atoms with E-state index in [-0.39, 0.29) is 22.2 Å². The lowest BCUT2D eigenvalue weighted by Crippen LogP contribution is -2.14. The van der Waals surface area contributed by atoms with Gasteiger partial charge in [-0.05, 0) is 54.9 Å². The van der Waals surface area contributed by atoms with Crippen LogP contribution in [0.5, 0.6) is 0 Å². The number of fused-ring (bicyclic) bond motifs is 1. The summed E-state index contributed by atoms with van der Waals surface area (Å²) in [6.45, 7) is 0. The third kappa shape index (κ3) is 3.70. The summed E-state index contributed by atoms with van der Waals surface area (Å²) >= 11 is -0.306. The number of alkyl halides is 3. The quantitative estimate of drug-likeness (QED) is 0.603. The van der Waals surface area contributed by atoms with Crippen molar-refractivity contribution < 1.29 is 22.4 Å². The number of benzene rings is 2. The van der Waals surface area contributed by atoms with Gasteiger partial charge in [-0.3, -0.25) is 4.79 Å². The Kier molecular flexibility index (Phi) is 4.14. The Morgan fingerprint density at radius 2 is 1.96 bits per heavy atom. The molecule has 1 aromatic heterocycles. The summed E-state index contributed by atoms with van der Waals surface area (Å²) < 4.78 is 43.7. The van der Waals surface area contributed by atoms with Crippen molar-refractivity contribution in [3.8, 4) is 0 Å². The van der Waals surface area contributed by atoms with Crippen molar-refractivity contribution >= 4 is 34.5 Å². The third-order valence-corrected chi connectivity index (χ3v) is 4.75. The summed E-state index contributed by atoms with van der Waals surface area (Å²) in [5.74, 6) is 0.449. The van der Waals surface area contributed by atoms with E-state index < -0.39 is 11.4 Å². The number of thioether (sulfide) groups is 1. The van der Waals surface area contributed by atoms with Gasteiger partial charge in [-0.15, -0.1) is 0 Å². The van der Waals surface area contributed by atoms with Gasteiger partial charge in [0.25, 0.3) is 5.91 Å². The molecular formula is C18H13F3N2O2S. The van der Waals surface area contributed by atoms with Gasteiger partial charge in [0.2, 0.25) is 0 Å². The Hall–Kier alpha value is -2.48. The van der Waals surface area contributed by atoms with Crippen LogP contribution >= 0.6 is 11.8 Å². The lowest BCUT2D eigenvalue weighted by atomic mass is 10.2. The average Bonchev–Trinajstić information content (AvgIpc) is 3.33. The molecule has 1 aliphatic carbocycles. The van der Waals surface area contributed by atoms with Gasteiger partial charge in [0.05, 0.1) is 5.56 Å². The van der Waals surface area contributed by atoms with Crippen LogP contribution in [-0.2, 0) is 0 Å². The standard InChI is InChI=1S/C18H13F3N2O2S/c19-18(20,21)26-15-4-2-1-3-12(15)16(24)22-11-7-8-14-13(9-11)23-17(25-14)10-5-6-10/h1-4,7-10H,5-6H2,(H,22,24). The van der Waals surface area contributed by atoms with E-state index >= 15 is 0 Å². The fraction of sp³-hybridized carbons (Fsp3) is 0.222. The van der Waals surface area contributed by atoms with Crippen LogP contribution in [0.15, 0.2) is 51.8 Å². The molecule has 8 heteroatoms. The lowest BCUT2D eigenvalue weighted by Gasteiger charge is -2.11. The smallest absolute Gasteiger partial charge is 0.440 e. The number of halogens is 3. The fourth-order valence-electron chi connectivity index (χ4n) is 2.59. The van der Waals surface area contributed by atoms with Crippen LogP contribution in [0.1, 0.15) is 35.0 Å². The first-order chi connectivity index (χ1) is 12.4. The largest absolute Gasteiger partial charge is 0.446 e. The predicted octanol–water partition coefficient (Wildman–Crippen LogP) is 5.57. The molecule has 3 aromatic rings. The van der Waals surface area contributed by atoms with Crippen molar-refractivity contribution in [1.82, 2.24) is 4.98 Å². The van der Waals surface area contributed by atoms with Crippen LogP contribution in [0, 0.1) is 0 Å². The zero-order valence-corrected chi connectivity index (χ0v) is 14.2. The number of hydrogen-bond acceptors (Lipinski definition) is 4. The zero-order valence-electron chi connectivity index (χ0n) is 13.3. The minimum atomic E-state index is -4.46. The van der Waals surface area contributed by atoms with Gasteiger partial charge in [0, 0.05) is 16.5 Å². The van der Waals surface area contributed by atoms with Crippen LogP contribution in [0.25, 0.3) is 11.1 Å². The normalized spacial score (nSPS) is 14.6. The molecule has 0 unspecified atom stereocenters. The summed E-state index contributed by atoms with van der Waals surface area (Å²) in [4.78, 5) is 16.7. The molecule has 1 N–H and O–H groups in total. The molecule has 134 valence electrons. The third-order valence-electron chi connectivity index (χ3n) is 3.95. The van der Waals surface area contributed by atoms with Gasteiger partial charge < -0.3 is 9.73 Å². The number of nitrogens with one attached hydrogen (secondary N) is 1. The van der Waals surface area contributed by atoms with Gasteiger partial charge >= 0.3 is 5.51 Å². The molecule has 26 heavy (non-hydrogen) atoms. The van der Waals surface area contributed by atoms with Crippen molar-refractivity contribution in [3.63, 3.8) is 0 Å². The molecule has 2 aromatic carbocycles. The fourth-order valence-corrected chi connectivity index (χ4v) is 3.26. The van der Waals surface area contributed by atoms with Gasteiger partial charge in [-0.2, -0.15) is 13.2 Å². The number of anilines is 1. The van der Waals surface area contributed by atoms with Crippen LogP contribution < -0.4 is 5.32 Å². The summed E-state index contributed by atoms with van der Waals surface area (Å²) in [6, 6.07) is 10.6. The molecule has 0 aliphatic heterocycles. The molecule has 0 spiro atoms. The van der Waals surface area contributed by atoms with E-state index in [9.17, 15) is 18.0 Å². The number of oxazole rings is 1. The number of carbonyl (C=O) groups is 1. The minimum Gasteiger partial charge on any atom is -0.440 e. The van der Waals surface area contributed by atoms with E-state index in [1.54, 1.807) is 18.2 Å². The Morgan fingerprint density at radius 1 is 1.19 bits per heavy atom. The number of carbonyl (C=O) groups excluding carboxylic acids is 1. The molecular weight excluding hydrogens is 365 g/mol. The highest BCUT2D eigenvalue weighted by atomic mass is 32.2. The van der Waals surface area contributed by atoms with E-state index in [1.807, 2.05) is 0 Å². The van der Waals surface area contributed by atoms with Gasteiger partial charge in [-0.1, -0.05) is 12.1 Å². The maximum atomic E-state index is 12.7. The molecule has 1 amide bonds. The molecule has 4 nitrogen and oxygen atoms in total. The first-order valence-corrected chi connectivity index (χ1v) is 8.77. The Balaban J connectivity index is 1.57. The second kappa shape index (κ2) is 6.35. The van der Waals surface area contributed by atoms with E-state index in [0.717, 1.165) is 12.8 Å². The molecule has 1 saturated carbocycles.